The Morgan fingerprint density at radius 2 is 1.58 bits per heavy atom. The van der Waals surface area contributed by atoms with E-state index in [4.69, 9.17) is 37.9 Å². The highest BCUT2D eigenvalue weighted by Gasteiger charge is 2.71. The molecule has 3 N–H and O–H groups in total. The molecule has 0 radical (unpaired) electrons. The highest BCUT2D eigenvalue weighted by atomic mass is 16.8. The Hall–Kier alpha value is -0.970. The first-order valence-corrected chi connectivity index (χ1v) is 18.7. The van der Waals surface area contributed by atoms with E-state index in [9.17, 15) is 20.1 Å². The molecular formula is C37H65NO12. The highest BCUT2D eigenvalue weighted by molar-refractivity contribution is 5.73. The van der Waals surface area contributed by atoms with E-state index in [-0.39, 0.29) is 24.5 Å². The maximum atomic E-state index is 14.2. The second-order valence-corrected chi connectivity index (χ2v) is 16.9. The van der Waals surface area contributed by atoms with Gasteiger partial charge in [-0.3, -0.25) is 4.79 Å². The van der Waals surface area contributed by atoms with Crippen LogP contribution in [0.3, 0.4) is 0 Å². The molecule has 13 nitrogen and oxygen atoms in total. The van der Waals surface area contributed by atoms with Crippen molar-refractivity contribution in [1.29, 1.82) is 0 Å². The molecule has 0 saturated carbocycles. The summed E-state index contributed by atoms with van der Waals surface area (Å²) in [6.45, 7) is 18.9. The molecule has 5 fully saturated rings. The number of ether oxygens (including phenoxy) is 8. The van der Waals surface area contributed by atoms with E-state index in [2.05, 4.69) is 6.92 Å². The quantitative estimate of drug-likeness (QED) is 0.331. The molecule has 0 aromatic carbocycles. The SMILES string of the molecule is CC[C@H]1OC(=O)[C@H](C)[C@@H](O[C@H]2C[C@@](C)(OC)[C@@H](O)[C@H](C)O2)[C@H](C)[C@@H](O[C@@H]2O[C@H](C)C[C@H](N(C)C)[C@H]2O)[C@@]2(C)C[C@@H](C)[C@@]3(O[C@]1(C)[C@H](O)[C@H]3C)O2. The Morgan fingerprint density at radius 3 is 2.18 bits per heavy atom. The van der Waals surface area contributed by atoms with E-state index in [0.717, 1.165) is 0 Å². The van der Waals surface area contributed by atoms with Gasteiger partial charge in [-0.1, -0.05) is 27.7 Å². The van der Waals surface area contributed by atoms with Crippen LogP contribution in [0.2, 0.25) is 0 Å². The van der Waals surface area contributed by atoms with Crippen molar-refractivity contribution in [2.24, 2.45) is 23.7 Å². The van der Waals surface area contributed by atoms with Gasteiger partial charge in [0.25, 0.3) is 0 Å². The monoisotopic (exact) mass is 715 g/mol. The molecule has 5 saturated heterocycles. The Morgan fingerprint density at radius 1 is 0.920 bits per heavy atom. The van der Waals surface area contributed by atoms with Crippen LogP contribution in [0.25, 0.3) is 0 Å². The number of methoxy groups -OCH3 is 1. The fourth-order valence-electron chi connectivity index (χ4n) is 9.81. The smallest absolute Gasteiger partial charge is 0.311 e. The summed E-state index contributed by atoms with van der Waals surface area (Å²) in [5.41, 5.74) is -3.25. The van der Waals surface area contributed by atoms with Crippen LogP contribution in [-0.2, 0) is 42.7 Å². The van der Waals surface area contributed by atoms with Crippen LogP contribution in [0.4, 0.5) is 0 Å². The lowest BCUT2D eigenvalue weighted by molar-refractivity contribution is -0.344. The van der Waals surface area contributed by atoms with Crippen molar-refractivity contribution in [2.45, 2.75) is 185 Å². The standard InChI is InChI=1S/C37H65NO12/c1-14-25-36(10)29(40)22(6)37(50-36)18(2)16-35(9,49-37)31(48-33-27(39)24(38(11)12)15-19(3)44-33)20(4)28(21(5)32(42)46-25)47-26-17-34(8,43-13)30(41)23(7)45-26/h18-31,33,39-41H,14-17H2,1-13H3/t18-,19-,20+,21-,22-,23+,24+,25-,26+,27-,28+,29-,30+,31-,33+,34-,35-,36+,37+/m1/s1. The number of rotatable bonds is 7. The molecule has 0 aliphatic carbocycles. The number of likely N-dealkylation sites (N-methyl/N-ethyl adjacent to an activating group) is 1. The fourth-order valence-corrected chi connectivity index (χ4v) is 9.81. The van der Waals surface area contributed by atoms with Gasteiger partial charge in [0, 0.05) is 37.3 Å². The van der Waals surface area contributed by atoms with Crippen molar-refractivity contribution < 1.29 is 58.0 Å². The normalized spacial score (nSPS) is 54.7. The van der Waals surface area contributed by atoms with Crippen molar-refractivity contribution in [1.82, 2.24) is 4.90 Å². The number of carbonyl (C=O) groups excluding carboxylic acids is 1. The molecule has 5 rings (SSSR count). The van der Waals surface area contributed by atoms with E-state index in [1.807, 2.05) is 60.5 Å². The zero-order chi connectivity index (χ0) is 37.3. The Bertz CT molecular complexity index is 1210. The average Bonchev–Trinajstić information content (AvgIpc) is 3.42. The lowest BCUT2D eigenvalue weighted by Crippen LogP contribution is -2.61. The number of cyclic esters (lactones) is 1. The number of nitrogens with zero attached hydrogens (tertiary/aromatic N) is 1. The summed E-state index contributed by atoms with van der Waals surface area (Å²) in [5.74, 6) is -3.80. The second kappa shape index (κ2) is 14.4. The van der Waals surface area contributed by atoms with Gasteiger partial charge in [-0.15, -0.1) is 0 Å². The third kappa shape index (κ3) is 6.69. The van der Waals surface area contributed by atoms with E-state index < -0.39 is 102 Å². The average molecular weight is 716 g/mol. The largest absolute Gasteiger partial charge is 0.459 e. The fraction of sp³-hybridized carbons (Fsp3) is 0.973. The lowest BCUT2D eigenvalue weighted by atomic mass is 9.77. The van der Waals surface area contributed by atoms with Crippen molar-refractivity contribution in [2.75, 3.05) is 21.2 Å². The van der Waals surface area contributed by atoms with Gasteiger partial charge >= 0.3 is 5.97 Å². The molecule has 3 bridgehead atoms. The third-order valence-corrected chi connectivity index (χ3v) is 12.9. The molecule has 5 aliphatic rings. The van der Waals surface area contributed by atoms with Gasteiger partial charge in [0.05, 0.1) is 47.6 Å². The molecule has 290 valence electrons. The third-order valence-electron chi connectivity index (χ3n) is 12.9. The van der Waals surface area contributed by atoms with Crippen molar-refractivity contribution in [3.05, 3.63) is 0 Å². The van der Waals surface area contributed by atoms with Gasteiger partial charge in [-0.2, -0.15) is 0 Å². The van der Waals surface area contributed by atoms with Gasteiger partial charge in [0.1, 0.15) is 23.9 Å². The first-order valence-electron chi connectivity index (χ1n) is 18.7. The van der Waals surface area contributed by atoms with Gasteiger partial charge in [-0.05, 0) is 74.9 Å². The molecule has 1 spiro atoms. The number of fused-ring (bicyclic) bond motifs is 2. The number of aliphatic hydroxyl groups is 3. The van der Waals surface area contributed by atoms with Crippen molar-refractivity contribution in [3.8, 4) is 0 Å². The molecule has 13 heteroatoms. The molecule has 50 heavy (non-hydrogen) atoms. The summed E-state index contributed by atoms with van der Waals surface area (Å²) in [7, 11) is 5.39. The minimum Gasteiger partial charge on any atom is -0.459 e. The van der Waals surface area contributed by atoms with E-state index in [0.29, 0.717) is 19.3 Å². The summed E-state index contributed by atoms with van der Waals surface area (Å²) in [4.78, 5) is 16.2. The van der Waals surface area contributed by atoms with Crippen molar-refractivity contribution in [3.63, 3.8) is 0 Å². The Balaban J connectivity index is 1.62. The van der Waals surface area contributed by atoms with Crippen LogP contribution in [0, 0.1) is 23.7 Å². The minimum atomic E-state index is -1.25. The summed E-state index contributed by atoms with van der Waals surface area (Å²) in [6, 6.07) is -0.218. The highest BCUT2D eigenvalue weighted by Crippen LogP contribution is 2.59. The van der Waals surface area contributed by atoms with Gasteiger partial charge in [0.15, 0.2) is 18.4 Å². The summed E-state index contributed by atoms with van der Waals surface area (Å²) < 4.78 is 52.3. The number of aliphatic hydroxyl groups excluding tert-OH is 3. The summed E-state index contributed by atoms with van der Waals surface area (Å²) >= 11 is 0. The van der Waals surface area contributed by atoms with Crippen LogP contribution in [-0.4, -0.2) is 137 Å². The first kappa shape index (κ1) is 40.2. The van der Waals surface area contributed by atoms with E-state index in [1.165, 1.54) is 0 Å². The molecule has 0 unspecified atom stereocenters. The minimum absolute atomic E-state index is 0.194. The number of hydrogen-bond donors (Lipinski definition) is 3. The topological polar surface area (TPSA) is 155 Å². The summed E-state index contributed by atoms with van der Waals surface area (Å²) in [6.07, 6.45) is -6.22. The molecule has 0 aromatic rings. The molecule has 0 amide bonds. The van der Waals surface area contributed by atoms with Crippen LogP contribution < -0.4 is 0 Å². The predicted molar refractivity (Wildman–Crippen MR) is 182 cm³/mol. The zero-order valence-corrected chi connectivity index (χ0v) is 32.5. The van der Waals surface area contributed by atoms with E-state index >= 15 is 0 Å². The van der Waals surface area contributed by atoms with Crippen LogP contribution in [0.15, 0.2) is 0 Å². The van der Waals surface area contributed by atoms with Gasteiger partial charge in [0.2, 0.25) is 0 Å². The van der Waals surface area contributed by atoms with Crippen LogP contribution in [0.5, 0.6) is 0 Å². The van der Waals surface area contributed by atoms with Crippen molar-refractivity contribution >= 4 is 5.97 Å². The van der Waals surface area contributed by atoms with Crippen LogP contribution >= 0.6 is 0 Å². The number of carbonyl (C=O) groups is 1. The molecule has 5 heterocycles. The summed E-state index contributed by atoms with van der Waals surface area (Å²) in [5, 5.41) is 34.4. The molecule has 5 aliphatic heterocycles. The molecule has 0 aromatic heterocycles. The predicted octanol–water partition coefficient (Wildman–Crippen LogP) is 2.99. The zero-order valence-electron chi connectivity index (χ0n) is 32.5. The maximum Gasteiger partial charge on any atom is 0.311 e. The van der Waals surface area contributed by atoms with Crippen LogP contribution in [0.1, 0.15) is 94.9 Å². The van der Waals surface area contributed by atoms with E-state index in [1.54, 1.807) is 27.9 Å². The maximum absolute atomic E-state index is 14.2. The van der Waals surface area contributed by atoms with Gasteiger partial charge < -0.3 is 58.1 Å². The lowest BCUT2D eigenvalue weighted by Gasteiger charge is -2.49. The number of hydrogen-bond acceptors (Lipinski definition) is 13. The molecule has 19 atom stereocenters. The number of esters is 1. The first-order chi connectivity index (χ1) is 23.2. The Kier molecular flexibility index (Phi) is 11.5. The second-order valence-electron chi connectivity index (χ2n) is 16.9. The molecular weight excluding hydrogens is 650 g/mol. The Labute approximate surface area is 298 Å². The van der Waals surface area contributed by atoms with Gasteiger partial charge in [-0.25, -0.2) is 0 Å².